The Kier molecular flexibility index (Phi) is 4.37. The van der Waals surface area contributed by atoms with Gasteiger partial charge >= 0.3 is 5.97 Å². The van der Waals surface area contributed by atoms with Crippen molar-refractivity contribution < 1.29 is 18.8 Å². The fraction of sp³-hybridized carbons (Fsp3) is 0.267. The van der Waals surface area contributed by atoms with Gasteiger partial charge in [0, 0.05) is 6.07 Å². The van der Waals surface area contributed by atoms with E-state index in [1.807, 2.05) is 19.9 Å². The number of rotatable bonds is 4. The van der Waals surface area contributed by atoms with E-state index in [0.717, 1.165) is 11.1 Å². The highest BCUT2D eigenvalue weighted by molar-refractivity contribution is 5.95. The van der Waals surface area contributed by atoms with E-state index in [4.69, 9.17) is 9.26 Å². The molecule has 1 heterocycles. The van der Waals surface area contributed by atoms with E-state index in [9.17, 15) is 9.59 Å². The summed E-state index contributed by atoms with van der Waals surface area (Å²) < 4.78 is 9.78. The predicted octanol–water partition coefficient (Wildman–Crippen LogP) is 2.40. The van der Waals surface area contributed by atoms with Crippen LogP contribution in [0.5, 0.6) is 0 Å². The van der Waals surface area contributed by atoms with Crippen LogP contribution in [0.2, 0.25) is 0 Å². The lowest BCUT2D eigenvalue weighted by Gasteiger charge is -2.06. The zero-order valence-electron chi connectivity index (χ0n) is 12.1. The largest absolute Gasteiger partial charge is 0.452 e. The first-order valence-electron chi connectivity index (χ1n) is 6.42. The highest BCUT2D eigenvalue weighted by Crippen LogP contribution is 2.10. The molecule has 0 spiro atoms. The summed E-state index contributed by atoms with van der Waals surface area (Å²) in [6.45, 7) is 5.12. The Balaban J connectivity index is 1.90. The molecular formula is C15H16N2O4. The fourth-order valence-electron chi connectivity index (χ4n) is 1.91. The van der Waals surface area contributed by atoms with Gasteiger partial charge in [-0.25, -0.2) is 4.79 Å². The Morgan fingerprint density at radius 1 is 1.14 bits per heavy atom. The molecule has 1 aromatic carbocycles. The molecule has 0 saturated carbocycles. The van der Waals surface area contributed by atoms with Gasteiger partial charge in [-0.1, -0.05) is 22.3 Å². The number of hydrogen-bond donors (Lipinski definition) is 1. The second kappa shape index (κ2) is 6.21. The average molecular weight is 288 g/mol. The first-order valence-corrected chi connectivity index (χ1v) is 6.42. The number of esters is 1. The molecule has 2 rings (SSSR count). The third-order valence-corrected chi connectivity index (χ3v) is 2.69. The van der Waals surface area contributed by atoms with Gasteiger partial charge in [0.2, 0.25) is 0 Å². The summed E-state index contributed by atoms with van der Waals surface area (Å²) in [5.41, 5.74) is 2.35. The number of amides is 1. The fourth-order valence-corrected chi connectivity index (χ4v) is 1.91. The van der Waals surface area contributed by atoms with Gasteiger partial charge in [-0.3, -0.25) is 4.79 Å². The van der Waals surface area contributed by atoms with Gasteiger partial charge < -0.3 is 14.6 Å². The molecule has 6 heteroatoms. The van der Waals surface area contributed by atoms with Crippen LogP contribution in [0.25, 0.3) is 0 Å². The molecule has 0 saturated heterocycles. The van der Waals surface area contributed by atoms with Crippen LogP contribution in [-0.4, -0.2) is 23.6 Å². The Morgan fingerprint density at radius 3 is 2.38 bits per heavy atom. The number of benzene rings is 1. The molecule has 0 fully saturated rings. The minimum atomic E-state index is -0.534. The standard InChI is InChI=1S/C15H16N2O4/c1-9-4-10(2)6-12(5-9)15(19)20-8-14(18)16-13-7-11(3)21-17-13/h4-7H,8H2,1-3H3,(H,16,17,18). The Hall–Kier alpha value is -2.63. The van der Waals surface area contributed by atoms with Gasteiger partial charge in [-0.2, -0.15) is 0 Å². The molecule has 0 radical (unpaired) electrons. The molecule has 0 unspecified atom stereocenters. The SMILES string of the molecule is Cc1cc(C)cc(C(=O)OCC(=O)Nc2cc(C)on2)c1. The number of carbonyl (C=O) groups excluding carboxylic acids is 2. The number of nitrogens with one attached hydrogen (secondary N) is 1. The van der Waals surface area contributed by atoms with E-state index in [0.29, 0.717) is 17.1 Å². The molecule has 0 aliphatic carbocycles. The smallest absolute Gasteiger partial charge is 0.338 e. The minimum Gasteiger partial charge on any atom is -0.452 e. The number of hydrogen-bond acceptors (Lipinski definition) is 5. The summed E-state index contributed by atoms with van der Waals surface area (Å²) in [7, 11) is 0. The molecule has 110 valence electrons. The lowest BCUT2D eigenvalue weighted by molar-refractivity contribution is -0.119. The Labute approximate surface area is 122 Å². The Morgan fingerprint density at radius 2 is 1.81 bits per heavy atom. The molecule has 2 aromatic rings. The van der Waals surface area contributed by atoms with Crippen LogP contribution in [-0.2, 0) is 9.53 Å². The van der Waals surface area contributed by atoms with Gasteiger partial charge in [0.15, 0.2) is 12.4 Å². The third-order valence-electron chi connectivity index (χ3n) is 2.69. The molecule has 0 atom stereocenters. The normalized spacial score (nSPS) is 10.2. The number of aryl methyl sites for hydroxylation is 3. The summed E-state index contributed by atoms with van der Waals surface area (Å²) in [5.74, 6) is -0.133. The molecule has 1 amide bonds. The summed E-state index contributed by atoms with van der Waals surface area (Å²) in [6, 6.07) is 6.96. The summed E-state index contributed by atoms with van der Waals surface area (Å²) in [5, 5.41) is 6.09. The summed E-state index contributed by atoms with van der Waals surface area (Å²) in [4.78, 5) is 23.5. The quantitative estimate of drug-likeness (QED) is 0.874. The zero-order chi connectivity index (χ0) is 15.4. The van der Waals surface area contributed by atoms with E-state index in [1.165, 1.54) is 0 Å². The van der Waals surface area contributed by atoms with Crippen LogP contribution >= 0.6 is 0 Å². The van der Waals surface area contributed by atoms with Crippen molar-refractivity contribution >= 4 is 17.7 Å². The second-order valence-corrected chi connectivity index (χ2v) is 4.82. The molecule has 1 aromatic heterocycles. The first kappa shape index (κ1) is 14.8. The van der Waals surface area contributed by atoms with Gasteiger partial charge in [0.05, 0.1) is 5.56 Å². The zero-order valence-corrected chi connectivity index (χ0v) is 12.1. The third kappa shape index (κ3) is 4.17. The van der Waals surface area contributed by atoms with E-state index < -0.39 is 11.9 Å². The number of aromatic nitrogens is 1. The number of anilines is 1. The molecule has 0 aliphatic rings. The van der Waals surface area contributed by atoms with E-state index in [2.05, 4.69) is 10.5 Å². The van der Waals surface area contributed by atoms with Crippen molar-refractivity contribution in [1.29, 1.82) is 0 Å². The van der Waals surface area contributed by atoms with E-state index in [-0.39, 0.29) is 6.61 Å². The summed E-state index contributed by atoms with van der Waals surface area (Å²) >= 11 is 0. The molecule has 21 heavy (non-hydrogen) atoms. The van der Waals surface area contributed by atoms with Crippen LogP contribution in [0, 0.1) is 20.8 Å². The van der Waals surface area contributed by atoms with Crippen LogP contribution in [0.15, 0.2) is 28.8 Å². The number of ether oxygens (including phenoxy) is 1. The van der Waals surface area contributed by atoms with Crippen molar-refractivity contribution in [2.45, 2.75) is 20.8 Å². The maximum atomic E-state index is 11.9. The second-order valence-electron chi connectivity index (χ2n) is 4.82. The van der Waals surface area contributed by atoms with Crippen molar-refractivity contribution in [1.82, 2.24) is 5.16 Å². The van der Waals surface area contributed by atoms with Crippen molar-refractivity contribution in [3.05, 3.63) is 46.7 Å². The summed E-state index contributed by atoms with van der Waals surface area (Å²) in [6.07, 6.45) is 0. The number of carbonyl (C=O) groups is 2. The van der Waals surface area contributed by atoms with Crippen LogP contribution in [0.4, 0.5) is 5.82 Å². The van der Waals surface area contributed by atoms with Crippen molar-refractivity contribution in [2.24, 2.45) is 0 Å². The van der Waals surface area contributed by atoms with Crippen molar-refractivity contribution in [3.63, 3.8) is 0 Å². The predicted molar refractivity (Wildman–Crippen MR) is 76.1 cm³/mol. The van der Waals surface area contributed by atoms with Crippen LogP contribution in [0.3, 0.4) is 0 Å². The molecule has 1 N–H and O–H groups in total. The maximum Gasteiger partial charge on any atom is 0.338 e. The van der Waals surface area contributed by atoms with E-state index in [1.54, 1.807) is 25.1 Å². The van der Waals surface area contributed by atoms with Gasteiger partial charge in [-0.15, -0.1) is 0 Å². The van der Waals surface area contributed by atoms with Crippen LogP contribution in [0.1, 0.15) is 27.2 Å². The first-order chi connectivity index (χ1) is 9.94. The van der Waals surface area contributed by atoms with Crippen LogP contribution < -0.4 is 5.32 Å². The molecule has 6 nitrogen and oxygen atoms in total. The van der Waals surface area contributed by atoms with Gasteiger partial charge in [0.25, 0.3) is 5.91 Å². The number of nitrogens with zero attached hydrogens (tertiary/aromatic N) is 1. The molecule has 0 bridgehead atoms. The molecule has 0 aliphatic heterocycles. The average Bonchev–Trinajstić information content (AvgIpc) is 2.80. The lowest BCUT2D eigenvalue weighted by Crippen LogP contribution is -2.21. The highest BCUT2D eigenvalue weighted by Gasteiger charge is 2.12. The van der Waals surface area contributed by atoms with Crippen molar-refractivity contribution in [2.75, 3.05) is 11.9 Å². The lowest BCUT2D eigenvalue weighted by atomic mass is 10.1. The maximum absolute atomic E-state index is 11.9. The Bertz CT molecular complexity index is 656. The van der Waals surface area contributed by atoms with Gasteiger partial charge in [-0.05, 0) is 32.9 Å². The monoisotopic (exact) mass is 288 g/mol. The highest BCUT2D eigenvalue weighted by atomic mass is 16.5. The molecular weight excluding hydrogens is 272 g/mol. The van der Waals surface area contributed by atoms with Gasteiger partial charge in [0.1, 0.15) is 5.76 Å². The topological polar surface area (TPSA) is 81.4 Å². The van der Waals surface area contributed by atoms with Crippen molar-refractivity contribution in [3.8, 4) is 0 Å². The van der Waals surface area contributed by atoms with E-state index >= 15 is 0 Å². The minimum absolute atomic E-state index is 0.292.